The first-order chi connectivity index (χ1) is 14.4. The zero-order valence-electron chi connectivity index (χ0n) is 16.7. The van der Waals surface area contributed by atoms with Gasteiger partial charge in [0.25, 0.3) is 0 Å². The molecule has 30 heavy (non-hydrogen) atoms. The Labute approximate surface area is 172 Å². The summed E-state index contributed by atoms with van der Waals surface area (Å²) in [5.74, 6) is 1.27. The molecule has 0 radical (unpaired) electrons. The number of rotatable bonds is 4. The third-order valence-corrected chi connectivity index (χ3v) is 5.25. The highest BCUT2D eigenvalue weighted by Crippen LogP contribution is 2.31. The molecule has 2 saturated heterocycles. The summed E-state index contributed by atoms with van der Waals surface area (Å²) in [4.78, 5) is 19.2. The van der Waals surface area contributed by atoms with Gasteiger partial charge in [-0.25, -0.2) is 0 Å². The molecule has 1 aromatic heterocycles. The summed E-state index contributed by atoms with van der Waals surface area (Å²) in [7, 11) is 2.14. The molecule has 0 unspecified atom stereocenters. The molecule has 2 aliphatic heterocycles. The van der Waals surface area contributed by atoms with Crippen molar-refractivity contribution < 1.29 is 22.8 Å². The van der Waals surface area contributed by atoms with Crippen LogP contribution in [0.5, 0.6) is 0 Å². The van der Waals surface area contributed by atoms with Crippen LogP contribution in [0.1, 0.15) is 5.56 Å². The van der Waals surface area contributed by atoms with Gasteiger partial charge in [0.15, 0.2) is 0 Å². The highest BCUT2D eigenvalue weighted by atomic mass is 19.4. The van der Waals surface area contributed by atoms with Crippen molar-refractivity contribution in [1.29, 1.82) is 0 Å². The fourth-order valence-corrected chi connectivity index (χ4v) is 3.45. The fraction of sp³-hybridized carbons (Fsp3) is 0.526. The van der Waals surface area contributed by atoms with E-state index in [1.807, 2.05) is 4.90 Å². The molecular formula is C19H25F3N7O+. The molecule has 4 rings (SSSR count). The number of ether oxygens (including phenoxy) is 1. The van der Waals surface area contributed by atoms with Crippen molar-refractivity contribution in [2.75, 3.05) is 74.6 Å². The Hall–Kier alpha value is -2.66. The van der Waals surface area contributed by atoms with E-state index < -0.39 is 11.7 Å². The average Bonchev–Trinajstić information content (AvgIpc) is 2.74. The van der Waals surface area contributed by atoms with Crippen LogP contribution in [-0.4, -0.2) is 74.5 Å². The van der Waals surface area contributed by atoms with E-state index in [0.717, 1.165) is 38.3 Å². The van der Waals surface area contributed by atoms with Crippen LogP contribution < -0.4 is 20.0 Å². The highest BCUT2D eigenvalue weighted by molar-refractivity contribution is 5.57. The molecule has 0 saturated carbocycles. The van der Waals surface area contributed by atoms with E-state index in [4.69, 9.17) is 4.74 Å². The number of hydrogen-bond donors (Lipinski definition) is 2. The Kier molecular flexibility index (Phi) is 5.91. The number of aromatic nitrogens is 3. The highest BCUT2D eigenvalue weighted by Gasteiger charge is 2.30. The maximum absolute atomic E-state index is 13.1. The number of nitrogens with zero attached hydrogens (tertiary/aromatic N) is 5. The van der Waals surface area contributed by atoms with E-state index in [0.29, 0.717) is 38.2 Å². The Balaban J connectivity index is 1.63. The monoisotopic (exact) mass is 424 g/mol. The van der Waals surface area contributed by atoms with Crippen LogP contribution in [0.3, 0.4) is 0 Å². The first-order valence-corrected chi connectivity index (χ1v) is 9.98. The van der Waals surface area contributed by atoms with Crippen molar-refractivity contribution in [1.82, 2.24) is 15.0 Å². The first kappa shape index (κ1) is 20.6. The van der Waals surface area contributed by atoms with Crippen molar-refractivity contribution in [3.05, 3.63) is 29.8 Å². The number of morpholine rings is 1. The lowest BCUT2D eigenvalue weighted by atomic mass is 10.2. The van der Waals surface area contributed by atoms with Gasteiger partial charge in [0.2, 0.25) is 17.8 Å². The molecule has 2 aromatic rings. The molecule has 3 heterocycles. The zero-order chi connectivity index (χ0) is 21.1. The van der Waals surface area contributed by atoms with Gasteiger partial charge in [-0.15, -0.1) is 0 Å². The van der Waals surface area contributed by atoms with Gasteiger partial charge in [-0.1, -0.05) is 6.07 Å². The van der Waals surface area contributed by atoms with E-state index in [-0.39, 0.29) is 11.6 Å². The van der Waals surface area contributed by atoms with E-state index in [9.17, 15) is 13.2 Å². The summed E-state index contributed by atoms with van der Waals surface area (Å²) in [6, 6.07) is 5.01. The van der Waals surface area contributed by atoms with Gasteiger partial charge in [-0.05, 0) is 18.2 Å². The first-order valence-electron chi connectivity index (χ1n) is 9.98. The average molecular weight is 424 g/mol. The number of hydrogen-bond acceptors (Lipinski definition) is 7. The normalized spacial score (nSPS) is 18.5. The van der Waals surface area contributed by atoms with Crippen molar-refractivity contribution in [3.8, 4) is 0 Å². The third kappa shape index (κ3) is 4.90. The molecule has 2 N–H and O–H groups in total. The number of nitrogens with one attached hydrogen (secondary N) is 2. The second-order valence-electron chi connectivity index (χ2n) is 7.51. The molecule has 0 spiro atoms. The minimum Gasteiger partial charge on any atom is -0.378 e. The SMILES string of the molecule is C[NH+]1CCN(c2nc(Nc3cccc(C(F)(F)F)c3)nc(N3CCOCC3)n2)CC1. The van der Waals surface area contributed by atoms with Crippen molar-refractivity contribution in [3.63, 3.8) is 0 Å². The Bertz CT molecular complexity index is 865. The quantitative estimate of drug-likeness (QED) is 0.753. The Morgan fingerprint density at radius 1 is 0.967 bits per heavy atom. The van der Waals surface area contributed by atoms with E-state index >= 15 is 0 Å². The second-order valence-corrected chi connectivity index (χ2v) is 7.51. The summed E-state index contributed by atoms with van der Waals surface area (Å²) in [5.41, 5.74) is -0.449. The Morgan fingerprint density at radius 3 is 2.23 bits per heavy atom. The van der Waals surface area contributed by atoms with Crippen LogP contribution >= 0.6 is 0 Å². The smallest absolute Gasteiger partial charge is 0.378 e. The van der Waals surface area contributed by atoms with Gasteiger partial charge in [-0.3, -0.25) is 0 Å². The molecule has 0 aliphatic carbocycles. The van der Waals surface area contributed by atoms with Gasteiger partial charge in [0, 0.05) is 18.8 Å². The molecular weight excluding hydrogens is 399 g/mol. The molecule has 0 amide bonds. The van der Waals surface area contributed by atoms with Gasteiger partial charge in [0.1, 0.15) is 0 Å². The summed E-state index contributed by atoms with van der Waals surface area (Å²) in [6.45, 7) is 6.01. The lowest BCUT2D eigenvalue weighted by Crippen LogP contribution is -3.12. The summed E-state index contributed by atoms with van der Waals surface area (Å²) in [6.07, 6.45) is -4.41. The molecule has 2 fully saturated rings. The molecule has 0 atom stereocenters. The molecule has 2 aliphatic rings. The number of alkyl halides is 3. The van der Waals surface area contributed by atoms with Crippen LogP contribution in [0, 0.1) is 0 Å². The number of halogens is 3. The van der Waals surface area contributed by atoms with Crippen LogP contribution in [0.4, 0.5) is 36.7 Å². The number of benzene rings is 1. The zero-order valence-corrected chi connectivity index (χ0v) is 16.7. The number of piperazine rings is 1. The van der Waals surface area contributed by atoms with E-state index in [1.165, 1.54) is 11.0 Å². The summed E-state index contributed by atoms with van der Waals surface area (Å²) < 4.78 is 44.6. The number of quaternary nitrogens is 1. The molecule has 1 aromatic carbocycles. The summed E-state index contributed by atoms with van der Waals surface area (Å²) in [5, 5.41) is 2.93. The van der Waals surface area contributed by atoms with Crippen LogP contribution in [0.2, 0.25) is 0 Å². The van der Waals surface area contributed by atoms with Crippen molar-refractivity contribution in [2.45, 2.75) is 6.18 Å². The standard InChI is InChI=1S/C19H24F3N7O/c1-27-5-7-28(8-6-27)17-24-16(25-18(26-17)29-9-11-30-12-10-29)23-15-4-2-3-14(13-15)19(20,21)22/h2-4,13H,5-12H2,1H3,(H,23,24,25,26)/p+1. The number of anilines is 4. The fourth-order valence-electron chi connectivity index (χ4n) is 3.45. The largest absolute Gasteiger partial charge is 0.416 e. The van der Waals surface area contributed by atoms with Gasteiger partial charge >= 0.3 is 6.18 Å². The second kappa shape index (κ2) is 8.60. The summed E-state index contributed by atoms with van der Waals surface area (Å²) >= 11 is 0. The van der Waals surface area contributed by atoms with Crippen LogP contribution in [-0.2, 0) is 10.9 Å². The maximum Gasteiger partial charge on any atom is 0.416 e. The molecule has 0 bridgehead atoms. The maximum atomic E-state index is 13.1. The van der Waals surface area contributed by atoms with E-state index in [1.54, 1.807) is 6.07 Å². The lowest BCUT2D eigenvalue weighted by molar-refractivity contribution is -0.880. The Morgan fingerprint density at radius 2 is 1.60 bits per heavy atom. The van der Waals surface area contributed by atoms with E-state index in [2.05, 4.69) is 32.2 Å². The topological polar surface area (TPSA) is 70.9 Å². The van der Waals surface area contributed by atoms with Gasteiger partial charge < -0.3 is 24.8 Å². The molecule has 162 valence electrons. The predicted molar refractivity (Wildman–Crippen MR) is 106 cm³/mol. The number of likely N-dealkylation sites (N-methyl/N-ethyl adjacent to an activating group) is 1. The lowest BCUT2D eigenvalue weighted by Gasteiger charge is -2.31. The van der Waals surface area contributed by atoms with Crippen LogP contribution in [0.15, 0.2) is 24.3 Å². The van der Waals surface area contributed by atoms with Gasteiger partial charge in [0.05, 0.1) is 52.0 Å². The molecule has 8 nitrogen and oxygen atoms in total. The van der Waals surface area contributed by atoms with Crippen molar-refractivity contribution >= 4 is 23.5 Å². The third-order valence-electron chi connectivity index (χ3n) is 5.25. The van der Waals surface area contributed by atoms with Crippen LogP contribution in [0.25, 0.3) is 0 Å². The molecule has 11 heteroatoms. The van der Waals surface area contributed by atoms with Crippen molar-refractivity contribution in [2.24, 2.45) is 0 Å². The van der Waals surface area contributed by atoms with Gasteiger partial charge in [-0.2, -0.15) is 28.1 Å². The minimum absolute atomic E-state index is 0.229. The minimum atomic E-state index is -4.41. The predicted octanol–water partition coefficient (Wildman–Crippen LogP) is 0.805.